The van der Waals surface area contributed by atoms with Crippen molar-refractivity contribution in [3.8, 4) is 5.69 Å². The van der Waals surface area contributed by atoms with E-state index in [2.05, 4.69) is 10.1 Å². The smallest absolute Gasteiger partial charge is 0.254 e. The van der Waals surface area contributed by atoms with Gasteiger partial charge < -0.3 is 4.90 Å². The molecule has 0 spiro atoms. The first-order valence-corrected chi connectivity index (χ1v) is 8.60. The molecular weight excluding hydrogens is 320 g/mol. The molecule has 24 heavy (non-hydrogen) atoms. The number of carbonyl (C=O) groups excluding carboxylic acids is 1. The van der Waals surface area contributed by atoms with E-state index in [9.17, 15) is 4.79 Å². The summed E-state index contributed by atoms with van der Waals surface area (Å²) in [6.07, 6.45) is 3.58. The number of carbonyl (C=O) groups is 1. The molecule has 1 amide bonds. The summed E-state index contributed by atoms with van der Waals surface area (Å²) in [5.74, 6) is -0.0263. The molecule has 0 fully saturated rings. The summed E-state index contributed by atoms with van der Waals surface area (Å²) in [7, 11) is 1.82. The Bertz CT molecular complexity index is 854. The molecule has 0 N–H and O–H groups in total. The summed E-state index contributed by atoms with van der Waals surface area (Å²) >= 11 is 1.66. The van der Waals surface area contributed by atoms with Crippen molar-refractivity contribution in [1.29, 1.82) is 0 Å². The third kappa shape index (κ3) is 3.10. The van der Waals surface area contributed by atoms with E-state index in [0.717, 1.165) is 21.3 Å². The quantitative estimate of drug-likeness (QED) is 0.726. The maximum atomic E-state index is 12.9. The number of thiazole rings is 1. The fraction of sp³-hybridized carbons (Fsp3) is 0.278. The van der Waals surface area contributed by atoms with E-state index in [1.165, 1.54) is 0 Å². The van der Waals surface area contributed by atoms with E-state index in [-0.39, 0.29) is 11.9 Å². The summed E-state index contributed by atoms with van der Waals surface area (Å²) < 4.78 is 1.74. The van der Waals surface area contributed by atoms with E-state index in [1.807, 2.05) is 64.3 Å². The molecule has 0 saturated heterocycles. The van der Waals surface area contributed by atoms with Gasteiger partial charge in [0.1, 0.15) is 0 Å². The van der Waals surface area contributed by atoms with Gasteiger partial charge in [0.05, 0.1) is 22.4 Å². The van der Waals surface area contributed by atoms with Crippen molar-refractivity contribution in [2.45, 2.75) is 26.8 Å². The number of amides is 1. The Morgan fingerprint density at radius 1 is 1.29 bits per heavy atom. The van der Waals surface area contributed by atoms with Gasteiger partial charge in [0.25, 0.3) is 5.91 Å². The van der Waals surface area contributed by atoms with Crippen molar-refractivity contribution >= 4 is 17.2 Å². The summed E-state index contributed by atoms with van der Waals surface area (Å²) in [5.41, 5.74) is 2.48. The number of nitrogens with zero attached hydrogens (tertiary/aromatic N) is 4. The zero-order valence-electron chi connectivity index (χ0n) is 14.2. The van der Waals surface area contributed by atoms with Crippen LogP contribution in [0.2, 0.25) is 0 Å². The molecule has 1 aromatic carbocycles. The van der Waals surface area contributed by atoms with Crippen molar-refractivity contribution < 1.29 is 4.79 Å². The fourth-order valence-corrected chi connectivity index (χ4v) is 3.61. The maximum absolute atomic E-state index is 12.9. The molecule has 2 heterocycles. The minimum Gasteiger partial charge on any atom is -0.333 e. The largest absolute Gasteiger partial charge is 0.333 e. The van der Waals surface area contributed by atoms with Crippen molar-refractivity contribution in [3.63, 3.8) is 0 Å². The summed E-state index contributed by atoms with van der Waals surface area (Å²) in [6, 6.07) is 9.28. The molecule has 0 aliphatic carbocycles. The number of hydrogen-bond acceptors (Lipinski definition) is 4. The molecule has 1 atom stereocenters. The standard InChI is InChI=1S/C18H20N4OS/c1-12(17-13(2)24-14(3)20-17)21(4)18(23)15-7-5-8-16(11-15)22-10-6-9-19-22/h5-12H,1-4H3. The van der Waals surface area contributed by atoms with Crippen molar-refractivity contribution in [2.24, 2.45) is 0 Å². The molecule has 0 radical (unpaired) electrons. The Morgan fingerprint density at radius 2 is 2.08 bits per heavy atom. The lowest BCUT2D eigenvalue weighted by molar-refractivity contribution is 0.0739. The van der Waals surface area contributed by atoms with Gasteiger partial charge in [-0.05, 0) is 45.0 Å². The lowest BCUT2D eigenvalue weighted by Gasteiger charge is -2.24. The van der Waals surface area contributed by atoms with Gasteiger partial charge in [-0.3, -0.25) is 4.79 Å². The second-order valence-corrected chi connectivity index (χ2v) is 7.17. The van der Waals surface area contributed by atoms with Crippen molar-refractivity contribution in [3.05, 3.63) is 63.9 Å². The molecule has 124 valence electrons. The van der Waals surface area contributed by atoms with Crippen LogP contribution in [0.4, 0.5) is 0 Å². The lowest BCUT2D eigenvalue weighted by atomic mass is 10.1. The van der Waals surface area contributed by atoms with Crippen molar-refractivity contribution in [2.75, 3.05) is 7.05 Å². The van der Waals surface area contributed by atoms with Crippen LogP contribution in [0.25, 0.3) is 5.69 Å². The van der Waals surface area contributed by atoms with Crippen LogP contribution in [0.3, 0.4) is 0 Å². The van der Waals surface area contributed by atoms with Gasteiger partial charge in [0, 0.05) is 29.9 Å². The molecular formula is C18H20N4OS. The van der Waals surface area contributed by atoms with Crippen LogP contribution in [0.15, 0.2) is 42.7 Å². The number of aryl methyl sites for hydroxylation is 2. The highest BCUT2D eigenvalue weighted by molar-refractivity contribution is 7.11. The van der Waals surface area contributed by atoms with Crippen molar-refractivity contribution in [1.82, 2.24) is 19.7 Å². The summed E-state index contributed by atoms with van der Waals surface area (Å²) in [6.45, 7) is 6.05. The van der Waals surface area contributed by atoms with Gasteiger partial charge >= 0.3 is 0 Å². The Kier molecular flexibility index (Phi) is 4.49. The highest BCUT2D eigenvalue weighted by Crippen LogP contribution is 2.27. The monoisotopic (exact) mass is 340 g/mol. The third-order valence-corrected chi connectivity index (χ3v) is 5.00. The van der Waals surface area contributed by atoms with Gasteiger partial charge in [0.2, 0.25) is 0 Å². The number of aromatic nitrogens is 3. The molecule has 6 heteroatoms. The highest BCUT2D eigenvalue weighted by Gasteiger charge is 2.22. The van der Waals surface area contributed by atoms with Crippen LogP contribution in [0.1, 0.15) is 38.9 Å². The molecule has 3 aromatic rings. The Balaban J connectivity index is 1.86. The Labute approximate surface area is 145 Å². The van der Waals surface area contributed by atoms with Crippen LogP contribution in [-0.4, -0.2) is 32.6 Å². The molecule has 0 aliphatic rings. The number of hydrogen-bond donors (Lipinski definition) is 0. The zero-order valence-corrected chi connectivity index (χ0v) is 15.0. The average Bonchev–Trinajstić information content (AvgIpc) is 3.22. The van der Waals surface area contributed by atoms with Crippen LogP contribution in [-0.2, 0) is 0 Å². The molecule has 1 unspecified atom stereocenters. The topological polar surface area (TPSA) is 51.0 Å². The van der Waals surface area contributed by atoms with Gasteiger partial charge in [-0.1, -0.05) is 6.07 Å². The number of benzene rings is 1. The van der Waals surface area contributed by atoms with Gasteiger partial charge in [-0.15, -0.1) is 11.3 Å². The van der Waals surface area contributed by atoms with E-state index in [4.69, 9.17) is 0 Å². The van der Waals surface area contributed by atoms with Crippen LogP contribution in [0.5, 0.6) is 0 Å². The Morgan fingerprint density at radius 3 is 2.71 bits per heavy atom. The van der Waals surface area contributed by atoms with Gasteiger partial charge in [-0.2, -0.15) is 5.10 Å². The minimum absolute atomic E-state index is 0.0263. The van der Waals surface area contributed by atoms with E-state index in [0.29, 0.717) is 5.56 Å². The Hall–Kier alpha value is -2.47. The second-order valence-electron chi connectivity index (χ2n) is 5.77. The zero-order chi connectivity index (χ0) is 17.3. The van der Waals surface area contributed by atoms with E-state index in [1.54, 1.807) is 27.1 Å². The predicted molar refractivity (Wildman–Crippen MR) is 95.7 cm³/mol. The van der Waals surface area contributed by atoms with Crippen LogP contribution >= 0.6 is 11.3 Å². The van der Waals surface area contributed by atoms with E-state index < -0.39 is 0 Å². The van der Waals surface area contributed by atoms with Crippen LogP contribution in [0, 0.1) is 13.8 Å². The lowest BCUT2D eigenvalue weighted by Crippen LogP contribution is -2.30. The normalized spacial score (nSPS) is 12.2. The van der Waals surface area contributed by atoms with E-state index >= 15 is 0 Å². The highest BCUT2D eigenvalue weighted by atomic mass is 32.1. The molecule has 2 aromatic heterocycles. The maximum Gasteiger partial charge on any atom is 0.254 e. The molecule has 0 saturated carbocycles. The average molecular weight is 340 g/mol. The fourth-order valence-electron chi connectivity index (χ4n) is 2.70. The number of rotatable bonds is 4. The molecule has 5 nitrogen and oxygen atoms in total. The summed E-state index contributed by atoms with van der Waals surface area (Å²) in [4.78, 5) is 20.3. The SMILES string of the molecule is Cc1nc(C(C)N(C)C(=O)c2cccc(-n3cccn3)c2)c(C)s1. The van der Waals surface area contributed by atoms with Crippen LogP contribution < -0.4 is 0 Å². The molecule has 3 rings (SSSR count). The first kappa shape index (κ1) is 16.4. The minimum atomic E-state index is -0.0733. The summed E-state index contributed by atoms with van der Waals surface area (Å²) in [5, 5.41) is 5.24. The molecule has 0 aliphatic heterocycles. The van der Waals surface area contributed by atoms with Gasteiger partial charge in [0.15, 0.2) is 0 Å². The first-order valence-electron chi connectivity index (χ1n) is 7.78. The first-order chi connectivity index (χ1) is 11.5. The third-order valence-electron chi connectivity index (χ3n) is 4.10. The molecule has 0 bridgehead atoms. The second kappa shape index (κ2) is 6.57. The van der Waals surface area contributed by atoms with Gasteiger partial charge in [-0.25, -0.2) is 9.67 Å². The predicted octanol–water partition coefficient (Wildman–Crippen LogP) is 3.78.